The Hall–Kier alpha value is -1.02. The van der Waals surface area contributed by atoms with Crippen LogP contribution in [0.15, 0.2) is 35.0 Å². The molecule has 1 heterocycles. The van der Waals surface area contributed by atoms with Crippen LogP contribution < -0.4 is 0 Å². The molecule has 0 aliphatic rings. The zero-order chi connectivity index (χ0) is 8.10. The van der Waals surface area contributed by atoms with Crippen molar-refractivity contribution in [2.45, 2.75) is 12.8 Å². The standard InChI is InChI=1S/C9H12O2/c1-8(4-5-10)7-9-3-2-6-11-9/h2-3,6,10H,1,4-5,7H2. The molecule has 11 heavy (non-hydrogen) atoms. The van der Waals surface area contributed by atoms with E-state index in [4.69, 9.17) is 9.52 Å². The monoisotopic (exact) mass is 152 g/mol. The largest absolute Gasteiger partial charge is 0.469 e. The van der Waals surface area contributed by atoms with Crippen molar-refractivity contribution in [2.24, 2.45) is 0 Å². The van der Waals surface area contributed by atoms with Gasteiger partial charge in [-0.2, -0.15) is 0 Å². The van der Waals surface area contributed by atoms with Crippen molar-refractivity contribution < 1.29 is 9.52 Å². The van der Waals surface area contributed by atoms with E-state index in [9.17, 15) is 0 Å². The van der Waals surface area contributed by atoms with Crippen LogP contribution in [0, 0.1) is 0 Å². The van der Waals surface area contributed by atoms with Crippen LogP contribution in [0.1, 0.15) is 12.2 Å². The molecule has 0 bridgehead atoms. The highest BCUT2D eigenvalue weighted by atomic mass is 16.3. The Morgan fingerprint density at radius 1 is 1.64 bits per heavy atom. The third kappa shape index (κ3) is 2.60. The van der Waals surface area contributed by atoms with E-state index >= 15 is 0 Å². The van der Waals surface area contributed by atoms with Gasteiger partial charge in [0.25, 0.3) is 0 Å². The van der Waals surface area contributed by atoms with Crippen LogP contribution >= 0.6 is 0 Å². The average Bonchev–Trinajstić information content (AvgIpc) is 2.40. The van der Waals surface area contributed by atoms with Crippen LogP contribution in [0.3, 0.4) is 0 Å². The van der Waals surface area contributed by atoms with Crippen molar-refractivity contribution in [1.82, 2.24) is 0 Å². The maximum atomic E-state index is 8.57. The summed E-state index contributed by atoms with van der Waals surface area (Å²) in [7, 11) is 0. The van der Waals surface area contributed by atoms with Gasteiger partial charge in [0.05, 0.1) is 6.26 Å². The second-order valence-electron chi connectivity index (χ2n) is 2.48. The highest BCUT2D eigenvalue weighted by Gasteiger charge is 1.98. The predicted molar refractivity (Wildman–Crippen MR) is 43.3 cm³/mol. The van der Waals surface area contributed by atoms with E-state index in [-0.39, 0.29) is 6.61 Å². The topological polar surface area (TPSA) is 33.4 Å². The maximum Gasteiger partial charge on any atom is 0.107 e. The zero-order valence-corrected chi connectivity index (χ0v) is 6.42. The molecular weight excluding hydrogens is 140 g/mol. The molecule has 0 aliphatic heterocycles. The molecule has 0 saturated heterocycles. The lowest BCUT2D eigenvalue weighted by Gasteiger charge is -1.98. The van der Waals surface area contributed by atoms with Gasteiger partial charge in [-0.1, -0.05) is 12.2 Å². The molecule has 2 heteroatoms. The first-order valence-electron chi connectivity index (χ1n) is 3.63. The first-order valence-corrected chi connectivity index (χ1v) is 3.63. The fourth-order valence-corrected chi connectivity index (χ4v) is 0.906. The minimum Gasteiger partial charge on any atom is -0.469 e. The summed E-state index contributed by atoms with van der Waals surface area (Å²) in [6, 6.07) is 3.75. The number of hydrogen-bond acceptors (Lipinski definition) is 2. The minimum atomic E-state index is 0.166. The summed E-state index contributed by atoms with van der Waals surface area (Å²) in [5.74, 6) is 0.906. The van der Waals surface area contributed by atoms with Crippen molar-refractivity contribution >= 4 is 0 Å². The third-order valence-corrected chi connectivity index (χ3v) is 1.47. The Labute approximate surface area is 66.2 Å². The molecule has 0 fully saturated rings. The zero-order valence-electron chi connectivity index (χ0n) is 6.42. The van der Waals surface area contributed by atoms with Gasteiger partial charge in [-0.3, -0.25) is 0 Å². The molecule has 0 aliphatic carbocycles. The Bertz CT molecular complexity index is 211. The van der Waals surface area contributed by atoms with Crippen molar-refractivity contribution in [3.8, 4) is 0 Å². The van der Waals surface area contributed by atoms with Crippen LogP contribution in [0.25, 0.3) is 0 Å². The van der Waals surface area contributed by atoms with Gasteiger partial charge in [0.2, 0.25) is 0 Å². The van der Waals surface area contributed by atoms with E-state index in [0.717, 1.165) is 17.8 Å². The quantitative estimate of drug-likeness (QED) is 0.667. The third-order valence-electron chi connectivity index (χ3n) is 1.47. The molecule has 0 saturated carbocycles. The molecule has 60 valence electrons. The first kappa shape index (κ1) is 8.08. The fraction of sp³-hybridized carbons (Fsp3) is 0.333. The molecule has 0 amide bonds. The maximum absolute atomic E-state index is 8.57. The summed E-state index contributed by atoms with van der Waals surface area (Å²) in [6.45, 7) is 3.97. The number of aliphatic hydroxyl groups excluding tert-OH is 1. The summed E-state index contributed by atoms with van der Waals surface area (Å²) < 4.78 is 5.11. The first-order chi connectivity index (χ1) is 5.33. The van der Waals surface area contributed by atoms with Gasteiger partial charge in [-0.15, -0.1) is 0 Å². The molecule has 0 unspecified atom stereocenters. The second kappa shape index (κ2) is 3.98. The lowest BCUT2D eigenvalue weighted by atomic mass is 10.1. The fourth-order valence-electron chi connectivity index (χ4n) is 0.906. The van der Waals surface area contributed by atoms with E-state index in [1.54, 1.807) is 6.26 Å². The predicted octanol–water partition coefficient (Wildman–Crippen LogP) is 1.76. The molecule has 0 aromatic carbocycles. The van der Waals surface area contributed by atoms with E-state index in [2.05, 4.69) is 6.58 Å². The van der Waals surface area contributed by atoms with Gasteiger partial charge in [0.1, 0.15) is 5.76 Å². The number of hydrogen-bond donors (Lipinski definition) is 1. The van der Waals surface area contributed by atoms with Gasteiger partial charge < -0.3 is 9.52 Å². The highest BCUT2D eigenvalue weighted by molar-refractivity contribution is 5.09. The molecule has 2 nitrogen and oxygen atoms in total. The van der Waals surface area contributed by atoms with Crippen LogP contribution in [0.2, 0.25) is 0 Å². The van der Waals surface area contributed by atoms with Crippen LogP contribution in [-0.2, 0) is 6.42 Å². The number of rotatable bonds is 4. The Morgan fingerprint density at radius 3 is 3.00 bits per heavy atom. The molecule has 0 atom stereocenters. The normalized spacial score (nSPS) is 9.91. The summed E-state index contributed by atoms with van der Waals surface area (Å²) in [5, 5.41) is 8.57. The van der Waals surface area contributed by atoms with E-state index in [0.29, 0.717) is 6.42 Å². The summed E-state index contributed by atoms with van der Waals surface area (Å²) in [5.41, 5.74) is 1.00. The number of furan rings is 1. The Morgan fingerprint density at radius 2 is 2.45 bits per heavy atom. The van der Waals surface area contributed by atoms with E-state index < -0.39 is 0 Å². The van der Waals surface area contributed by atoms with Gasteiger partial charge in [-0.25, -0.2) is 0 Å². The second-order valence-corrected chi connectivity index (χ2v) is 2.48. The Kier molecular flexibility index (Phi) is 2.93. The summed E-state index contributed by atoms with van der Waals surface area (Å²) >= 11 is 0. The number of aliphatic hydroxyl groups is 1. The van der Waals surface area contributed by atoms with Crippen LogP contribution in [0.4, 0.5) is 0 Å². The van der Waals surface area contributed by atoms with E-state index in [1.165, 1.54) is 0 Å². The molecule has 1 aromatic rings. The lowest BCUT2D eigenvalue weighted by Crippen LogP contribution is -1.90. The van der Waals surface area contributed by atoms with Crippen LogP contribution in [-0.4, -0.2) is 11.7 Å². The molecule has 0 spiro atoms. The van der Waals surface area contributed by atoms with Crippen LogP contribution in [0.5, 0.6) is 0 Å². The SMILES string of the molecule is C=C(CCO)Cc1ccco1. The molecule has 1 rings (SSSR count). The van der Waals surface area contributed by atoms with Crippen molar-refractivity contribution in [2.75, 3.05) is 6.61 Å². The lowest BCUT2D eigenvalue weighted by molar-refractivity contribution is 0.298. The highest BCUT2D eigenvalue weighted by Crippen LogP contribution is 2.08. The molecule has 1 N–H and O–H groups in total. The summed E-state index contributed by atoms with van der Waals surface area (Å²) in [4.78, 5) is 0. The van der Waals surface area contributed by atoms with Gasteiger partial charge in [-0.05, 0) is 18.6 Å². The van der Waals surface area contributed by atoms with Crippen molar-refractivity contribution in [1.29, 1.82) is 0 Å². The average molecular weight is 152 g/mol. The summed E-state index contributed by atoms with van der Waals surface area (Å²) in [6.07, 6.45) is 3.02. The van der Waals surface area contributed by atoms with Gasteiger partial charge in [0.15, 0.2) is 0 Å². The van der Waals surface area contributed by atoms with Gasteiger partial charge in [0, 0.05) is 13.0 Å². The van der Waals surface area contributed by atoms with Gasteiger partial charge >= 0.3 is 0 Å². The Balaban J connectivity index is 2.37. The minimum absolute atomic E-state index is 0.166. The smallest absolute Gasteiger partial charge is 0.107 e. The molecule has 1 aromatic heterocycles. The molecular formula is C9H12O2. The van der Waals surface area contributed by atoms with E-state index in [1.807, 2.05) is 12.1 Å². The van der Waals surface area contributed by atoms with Crippen molar-refractivity contribution in [3.05, 3.63) is 36.3 Å². The van der Waals surface area contributed by atoms with Crippen molar-refractivity contribution in [3.63, 3.8) is 0 Å². The molecule has 0 radical (unpaired) electrons.